The van der Waals surface area contributed by atoms with Crippen LogP contribution in [0.1, 0.15) is 37.1 Å². The molecule has 5 heteroatoms. The third kappa shape index (κ3) is 3.21. The predicted octanol–water partition coefficient (Wildman–Crippen LogP) is 2.11. The monoisotopic (exact) mass is 322 g/mol. The van der Waals surface area contributed by atoms with E-state index in [-0.39, 0.29) is 18.1 Å². The highest BCUT2D eigenvalue weighted by Crippen LogP contribution is 2.26. The van der Waals surface area contributed by atoms with Gasteiger partial charge >= 0.3 is 0 Å². The van der Waals surface area contributed by atoms with Gasteiger partial charge in [-0.05, 0) is 69.1 Å². The smallest absolute Gasteiger partial charge is 0.239 e. The first kappa shape index (κ1) is 16.0. The Morgan fingerprint density at radius 3 is 2.73 bits per heavy atom. The zero-order valence-electron chi connectivity index (χ0n) is 13.5. The molecule has 2 atom stereocenters. The van der Waals surface area contributed by atoms with Crippen LogP contribution in [0.15, 0.2) is 11.4 Å². The second-order valence-corrected chi connectivity index (χ2v) is 7.67. The second kappa shape index (κ2) is 6.69. The Morgan fingerprint density at radius 2 is 2.05 bits per heavy atom. The number of likely N-dealkylation sites (tertiary alicyclic amines) is 1. The lowest BCUT2D eigenvalue weighted by Crippen LogP contribution is -2.51. The Labute approximate surface area is 136 Å². The van der Waals surface area contributed by atoms with Crippen molar-refractivity contribution in [1.82, 2.24) is 9.80 Å². The van der Waals surface area contributed by atoms with Crippen molar-refractivity contribution >= 4 is 17.2 Å². The number of nitrogens with zero attached hydrogens (tertiary/aromatic N) is 2. The fraction of sp³-hybridized carbons (Fsp3) is 0.706. The number of aliphatic hydroxyl groups is 1. The Hall–Kier alpha value is -0.910. The maximum Gasteiger partial charge on any atom is 0.239 e. The summed E-state index contributed by atoms with van der Waals surface area (Å²) in [6.45, 7) is 7.36. The van der Waals surface area contributed by atoms with Gasteiger partial charge in [-0.15, -0.1) is 11.3 Å². The van der Waals surface area contributed by atoms with Crippen molar-refractivity contribution in [1.29, 1.82) is 0 Å². The van der Waals surface area contributed by atoms with Gasteiger partial charge in [-0.25, -0.2) is 0 Å². The normalized spacial score (nSPS) is 23.1. The van der Waals surface area contributed by atoms with E-state index in [0.717, 1.165) is 45.4 Å². The van der Waals surface area contributed by atoms with Gasteiger partial charge in [0, 0.05) is 18.0 Å². The largest absolute Gasteiger partial charge is 0.393 e. The maximum atomic E-state index is 12.8. The van der Waals surface area contributed by atoms with Gasteiger partial charge in [0.1, 0.15) is 0 Å². The van der Waals surface area contributed by atoms with E-state index in [9.17, 15) is 9.90 Å². The lowest BCUT2D eigenvalue weighted by atomic mass is 9.91. The number of carbonyl (C=O) groups excluding carboxylic acids is 1. The summed E-state index contributed by atoms with van der Waals surface area (Å²) in [7, 11) is 0. The summed E-state index contributed by atoms with van der Waals surface area (Å²) < 4.78 is 0. The molecular formula is C17H26N2O2S. The number of amides is 1. The molecule has 1 aromatic heterocycles. The summed E-state index contributed by atoms with van der Waals surface area (Å²) in [5, 5.41) is 11.8. The molecule has 1 fully saturated rings. The highest BCUT2D eigenvalue weighted by atomic mass is 32.1. The summed E-state index contributed by atoms with van der Waals surface area (Å²) in [6.07, 6.45) is 2.75. The lowest BCUT2D eigenvalue weighted by Gasteiger charge is -2.38. The van der Waals surface area contributed by atoms with Crippen LogP contribution in [0, 0.1) is 5.92 Å². The molecule has 1 amide bonds. The quantitative estimate of drug-likeness (QED) is 0.927. The number of thiophene rings is 1. The summed E-state index contributed by atoms with van der Waals surface area (Å²) in [5.41, 5.74) is 1.32. The zero-order chi connectivity index (χ0) is 15.7. The van der Waals surface area contributed by atoms with E-state index < -0.39 is 0 Å². The highest BCUT2D eigenvalue weighted by Gasteiger charge is 2.31. The third-order valence-electron chi connectivity index (χ3n) is 5.28. The fourth-order valence-corrected chi connectivity index (χ4v) is 4.54. The Bertz CT molecular complexity index is 520. The Morgan fingerprint density at radius 1 is 1.32 bits per heavy atom. The molecule has 1 saturated heterocycles. The maximum absolute atomic E-state index is 12.8. The molecule has 4 nitrogen and oxygen atoms in total. The minimum absolute atomic E-state index is 0.0462. The van der Waals surface area contributed by atoms with Crippen molar-refractivity contribution in [3.05, 3.63) is 21.9 Å². The molecule has 1 N–H and O–H groups in total. The molecule has 3 rings (SSSR count). The van der Waals surface area contributed by atoms with E-state index in [1.54, 1.807) is 11.3 Å². The molecule has 0 aliphatic carbocycles. The number of fused-ring (bicyclic) bond motifs is 1. The number of aliphatic hydroxyl groups excluding tert-OH is 1. The van der Waals surface area contributed by atoms with E-state index >= 15 is 0 Å². The van der Waals surface area contributed by atoms with Gasteiger partial charge in [0.2, 0.25) is 5.91 Å². The van der Waals surface area contributed by atoms with E-state index in [2.05, 4.69) is 16.3 Å². The molecule has 22 heavy (non-hydrogen) atoms. The predicted molar refractivity (Wildman–Crippen MR) is 88.9 cm³/mol. The molecule has 0 aromatic carbocycles. The summed E-state index contributed by atoms with van der Waals surface area (Å²) in [6, 6.07) is 2.10. The SMILES string of the molecule is CC(O)C1CCN(C(C)C(=O)N2CCc3sccc3C2)CC1. The average molecular weight is 322 g/mol. The molecular weight excluding hydrogens is 296 g/mol. The highest BCUT2D eigenvalue weighted by molar-refractivity contribution is 7.10. The first-order chi connectivity index (χ1) is 10.6. The first-order valence-corrected chi connectivity index (χ1v) is 9.20. The molecule has 2 aliphatic rings. The summed E-state index contributed by atoms with van der Waals surface area (Å²) in [4.78, 5) is 18.5. The Balaban J connectivity index is 1.57. The average Bonchev–Trinajstić information content (AvgIpc) is 3.01. The van der Waals surface area contributed by atoms with Crippen LogP contribution in [0.25, 0.3) is 0 Å². The van der Waals surface area contributed by atoms with Gasteiger partial charge in [0.25, 0.3) is 0 Å². The van der Waals surface area contributed by atoms with Gasteiger partial charge in [-0.2, -0.15) is 0 Å². The van der Waals surface area contributed by atoms with Gasteiger partial charge in [0.05, 0.1) is 12.1 Å². The van der Waals surface area contributed by atoms with Crippen molar-refractivity contribution < 1.29 is 9.90 Å². The van der Waals surface area contributed by atoms with Crippen molar-refractivity contribution in [3.8, 4) is 0 Å². The minimum atomic E-state index is -0.229. The van der Waals surface area contributed by atoms with Gasteiger partial charge in [-0.3, -0.25) is 9.69 Å². The molecule has 122 valence electrons. The zero-order valence-corrected chi connectivity index (χ0v) is 14.3. The molecule has 2 unspecified atom stereocenters. The molecule has 0 bridgehead atoms. The van der Waals surface area contributed by atoms with E-state index in [1.807, 2.05) is 18.7 Å². The topological polar surface area (TPSA) is 43.8 Å². The van der Waals surface area contributed by atoms with Crippen molar-refractivity contribution in [2.45, 2.75) is 51.8 Å². The molecule has 2 aliphatic heterocycles. The fourth-order valence-electron chi connectivity index (χ4n) is 3.65. The van der Waals surface area contributed by atoms with Crippen LogP contribution >= 0.6 is 11.3 Å². The van der Waals surface area contributed by atoms with E-state index in [4.69, 9.17) is 0 Å². The molecule has 3 heterocycles. The van der Waals surface area contributed by atoms with E-state index in [1.165, 1.54) is 10.4 Å². The van der Waals surface area contributed by atoms with Crippen LogP contribution in [-0.2, 0) is 17.8 Å². The number of hydrogen-bond donors (Lipinski definition) is 1. The summed E-state index contributed by atoms with van der Waals surface area (Å²) >= 11 is 1.81. The van der Waals surface area contributed by atoms with Crippen molar-refractivity contribution in [2.75, 3.05) is 19.6 Å². The number of carbonyl (C=O) groups is 1. The number of rotatable bonds is 3. The molecule has 0 spiro atoms. The summed E-state index contributed by atoms with van der Waals surface area (Å²) in [5.74, 6) is 0.647. The third-order valence-corrected chi connectivity index (χ3v) is 6.30. The molecule has 0 saturated carbocycles. The Kier molecular flexibility index (Phi) is 4.85. The van der Waals surface area contributed by atoms with Crippen LogP contribution in [0.4, 0.5) is 0 Å². The second-order valence-electron chi connectivity index (χ2n) is 6.67. The molecule has 0 radical (unpaired) electrons. The van der Waals surface area contributed by atoms with Crippen LogP contribution in [0.3, 0.4) is 0 Å². The minimum Gasteiger partial charge on any atom is -0.393 e. The van der Waals surface area contributed by atoms with Crippen LogP contribution in [0.2, 0.25) is 0 Å². The molecule has 1 aromatic rings. The standard InChI is InChI=1S/C17H26N2O2S/c1-12(18-7-3-14(4-8-18)13(2)20)17(21)19-9-5-16-15(11-19)6-10-22-16/h6,10,12-14,20H,3-5,7-9,11H2,1-2H3. The van der Waals surface area contributed by atoms with Crippen LogP contribution < -0.4 is 0 Å². The lowest BCUT2D eigenvalue weighted by molar-refractivity contribution is -0.138. The van der Waals surface area contributed by atoms with E-state index in [0.29, 0.717) is 5.92 Å². The van der Waals surface area contributed by atoms with Gasteiger partial charge in [0.15, 0.2) is 0 Å². The number of hydrogen-bond acceptors (Lipinski definition) is 4. The van der Waals surface area contributed by atoms with Gasteiger partial charge in [-0.1, -0.05) is 0 Å². The van der Waals surface area contributed by atoms with Gasteiger partial charge < -0.3 is 10.0 Å². The first-order valence-electron chi connectivity index (χ1n) is 8.32. The van der Waals surface area contributed by atoms with Crippen molar-refractivity contribution in [2.24, 2.45) is 5.92 Å². The van der Waals surface area contributed by atoms with Crippen LogP contribution in [0.5, 0.6) is 0 Å². The number of piperidine rings is 1. The van der Waals surface area contributed by atoms with Crippen LogP contribution in [-0.4, -0.2) is 52.6 Å². The van der Waals surface area contributed by atoms with Crippen molar-refractivity contribution in [3.63, 3.8) is 0 Å².